The van der Waals surface area contributed by atoms with E-state index in [1.807, 2.05) is 6.07 Å². The van der Waals surface area contributed by atoms with Crippen LogP contribution in [0.2, 0.25) is 0 Å². The van der Waals surface area contributed by atoms with Crippen molar-refractivity contribution in [3.05, 3.63) is 33.5 Å². The van der Waals surface area contributed by atoms with E-state index in [2.05, 4.69) is 34.8 Å². The molecule has 1 atom stereocenters. The Bertz CT molecular complexity index is 351. The first-order valence-electron chi connectivity index (χ1n) is 4.27. The van der Waals surface area contributed by atoms with E-state index in [9.17, 15) is 4.39 Å². The van der Waals surface area contributed by atoms with Crippen molar-refractivity contribution in [2.45, 2.75) is 19.5 Å². The van der Waals surface area contributed by atoms with E-state index in [-0.39, 0.29) is 5.82 Å². The summed E-state index contributed by atoms with van der Waals surface area (Å²) < 4.78 is 13.7. The first kappa shape index (κ1) is 9.16. The van der Waals surface area contributed by atoms with Crippen molar-refractivity contribution in [1.29, 1.82) is 0 Å². The highest BCUT2D eigenvalue weighted by molar-refractivity contribution is 9.10. The minimum absolute atomic E-state index is 0.166. The summed E-state index contributed by atoms with van der Waals surface area (Å²) in [5.41, 5.74) is 2.34. The summed E-state index contributed by atoms with van der Waals surface area (Å²) >= 11 is 3.20. The lowest BCUT2D eigenvalue weighted by Crippen LogP contribution is -2.12. The number of hydrogen-bond donors (Lipinski definition) is 0. The normalized spacial score (nSPS) is 22.0. The molecule has 0 aromatic heterocycles. The molecule has 0 N–H and O–H groups in total. The van der Waals surface area contributed by atoms with Gasteiger partial charge in [-0.2, -0.15) is 0 Å². The maximum absolute atomic E-state index is 13.2. The monoisotopic (exact) mass is 243 g/mol. The zero-order chi connectivity index (χ0) is 9.59. The van der Waals surface area contributed by atoms with Gasteiger partial charge in [0.15, 0.2) is 0 Å². The van der Waals surface area contributed by atoms with Crippen LogP contribution in [0.4, 0.5) is 4.39 Å². The lowest BCUT2D eigenvalue weighted by atomic mass is 10.1. The van der Waals surface area contributed by atoms with E-state index < -0.39 is 0 Å². The highest BCUT2D eigenvalue weighted by Gasteiger charge is 2.24. The van der Waals surface area contributed by atoms with E-state index in [1.165, 1.54) is 5.56 Å². The topological polar surface area (TPSA) is 3.24 Å². The molecular weight excluding hydrogens is 233 g/mol. The van der Waals surface area contributed by atoms with Gasteiger partial charge < -0.3 is 0 Å². The number of hydrogen-bond acceptors (Lipinski definition) is 1. The summed E-state index contributed by atoms with van der Waals surface area (Å²) in [7, 11) is 2.05. The van der Waals surface area contributed by atoms with Crippen molar-refractivity contribution in [2.24, 2.45) is 0 Å². The first-order chi connectivity index (χ1) is 6.09. The Morgan fingerprint density at radius 1 is 1.54 bits per heavy atom. The van der Waals surface area contributed by atoms with E-state index in [4.69, 9.17) is 0 Å². The van der Waals surface area contributed by atoms with Crippen LogP contribution in [-0.4, -0.2) is 11.9 Å². The van der Waals surface area contributed by atoms with Gasteiger partial charge in [0, 0.05) is 12.6 Å². The van der Waals surface area contributed by atoms with Crippen LogP contribution < -0.4 is 0 Å². The zero-order valence-electron chi connectivity index (χ0n) is 7.64. The molecular formula is C10H11BrFN. The fraction of sp³-hybridized carbons (Fsp3) is 0.400. The predicted molar refractivity (Wildman–Crippen MR) is 54.0 cm³/mol. The number of rotatable bonds is 0. The maximum Gasteiger partial charge on any atom is 0.137 e. The Hall–Kier alpha value is -0.410. The minimum Gasteiger partial charge on any atom is -0.295 e. The van der Waals surface area contributed by atoms with Crippen molar-refractivity contribution in [2.75, 3.05) is 7.05 Å². The van der Waals surface area contributed by atoms with E-state index in [0.717, 1.165) is 12.1 Å². The van der Waals surface area contributed by atoms with Crippen molar-refractivity contribution < 1.29 is 4.39 Å². The molecule has 0 amide bonds. The van der Waals surface area contributed by atoms with E-state index in [0.29, 0.717) is 10.5 Å². The summed E-state index contributed by atoms with van der Waals surface area (Å²) in [4.78, 5) is 2.20. The van der Waals surface area contributed by atoms with Crippen LogP contribution in [0.25, 0.3) is 0 Å². The summed E-state index contributed by atoms with van der Waals surface area (Å²) in [6.45, 7) is 2.98. The van der Waals surface area contributed by atoms with Gasteiger partial charge in [-0.15, -0.1) is 0 Å². The maximum atomic E-state index is 13.2. The molecule has 1 unspecified atom stereocenters. The van der Waals surface area contributed by atoms with Crippen LogP contribution in [0.15, 0.2) is 16.6 Å². The van der Waals surface area contributed by atoms with Gasteiger partial charge in [0.05, 0.1) is 4.47 Å². The number of fused-ring (bicyclic) bond motifs is 1. The van der Waals surface area contributed by atoms with Crippen LogP contribution in [0.5, 0.6) is 0 Å². The molecule has 70 valence electrons. The molecule has 2 rings (SSSR count). The quantitative estimate of drug-likeness (QED) is 0.677. The summed E-state index contributed by atoms with van der Waals surface area (Å²) in [5, 5.41) is 0. The predicted octanol–water partition coefficient (Wildman–Crippen LogP) is 3.09. The summed E-state index contributed by atoms with van der Waals surface area (Å²) in [5.74, 6) is -0.166. The van der Waals surface area contributed by atoms with Gasteiger partial charge in [-0.1, -0.05) is 0 Å². The standard InChI is InChI=1S/C10H11BrFN/c1-6-8-4-9(11)10(12)3-7(8)5-13(6)2/h3-4,6H,5H2,1-2H3. The molecule has 3 heteroatoms. The number of halogens is 2. The second-order valence-electron chi connectivity index (χ2n) is 3.56. The van der Waals surface area contributed by atoms with Gasteiger partial charge >= 0.3 is 0 Å². The molecule has 0 aliphatic carbocycles. The van der Waals surface area contributed by atoms with Crippen molar-refractivity contribution in [1.82, 2.24) is 4.90 Å². The van der Waals surface area contributed by atoms with E-state index >= 15 is 0 Å². The van der Waals surface area contributed by atoms with Gasteiger partial charge in [0.25, 0.3) is 0 Å². The molecule has 0 fully saturated rings. The molecule has 0 radical (unpaired) electrons. The van der Waals surface area contributed by atoms with Gasteiger partial charge in [0.2, 0.25) is 0 Å². The lowest BCUT2D eigenvalue weighted by molar-refractivity contribution is 0.286. The zero-order valence-corrected chi connectivity index (χ0v) is 9.23. The van der Waals surface area contributed by atoms with Crippen LogP contribution in [-0.2, 0) is 6.54 Å². The third-order valence-electron chi connectivity index (χ3n) is 2.71. The molecule has 13 heavy (non-hydrogen) atoms. The highest BCUT2D eigenvalue weighted by atomic mass is 79.9. The van der Waals surface area contributed by atoms with Gasteiger partial charge in [-0.05, 0) is 53.2 Å². The third-order valence-corrected chi connectivity index (χ3v) is 3.32. The second kappa shape index (κ2) is 3.07. The van der Waals surface area contributed by atoms with Gasteiger partial charge in [-0.25, -0.2) is 4.39 Å². The van der Waals surface area contributed by atoms with Crippen LogP contribution in [0.1, 0.15) is 24.1 Å². The second-order valence-corrected chi connectivity index (χ2v) is 4.41. The number of nitrogens with zero attached hydrogens (tertiary/aromatic N) is 1. The Morgan fingerprint density at radius 3 is 2.92 bits per heavy atom. The molecule has 1 heterocycles. The number of benzene rings is 1. The Kier molecular flexibility index (Phi) is 2.16. The summed E-state index contributed by atoms with van der Waals surface area (Å²) in [6, 6.07) is 3.91. The smallest absolute Gasteiger partial charge is 0.137 e. The fourth-order valence-electron chi connectivity index (χ4n) is 1.77. The molecule has 0 saturated carbocycles. The Balaban J connectivity index is 2.53. The molecule has 1 aromatic carbocycles. The first-order valence-corrected chi connectivity index (χ1v) is 5.07. The Labute approximate surface area is 85.7 Å². The SMILES string of the molecule is CC1c2cc(Br)c(F)cc2CN1C. The molecule has 0 saturated heterocycles. The van der Waals surface area contributed by atoms with Crippen LogP contribution in [0.3, 0.4) is 0 Å². The molecule has 1 aliphatic rings. The average molecular weight is 244 g/mol. The van der Waals surface area contributed by atoms with Crippen LogP contribution in [0, 0.1) is 5.82 Å². The van der Waals surface area contributed by atoms with E-state index in [1.54, 1.807) is 6.07 Å². The van der Waals surface area contributed by atoms with Crippen molar-refractivity contribution >= 4 is 15.9 Å². The summed E-state index contributed by atoms with van der Waals surface area (Å²) in [6.07, 6.45) is 0. The molecule has 0 spiro atoms. The average Bonchev–Trinajstić information content (AvgIpc) is 2.32. The molecule has 1 aromatic rings. The molecule has 1 nitrogen and oxygen atoms in total. The van der Waals surface area contributed by atoms with Gasteiger partial charge in [-0.3, -0.25) is 4.90 Å². The minimum atomic E-state index is -0.166. The third kappa shape index (κ3) is 1.40. The Morgan fingerprint density at radius 2 is 2.23 bits per heavy atom. The van der Waals surface area contributed by atoms with Gasteiger partial charge in [0.1, 0.15) is 5.82 Å². The van der Waals surface area contributed by atoms with Crippen molar-refractivity contribution in [3.8, 4) is 0 Å². The largest absolute Gasteiger partial charge is 0.295 e. The van der Waals surface area contributed by atoms with Crippen molar-refractivity contribution in [3.63, 3.8) is 0 Å². The molecule has 0 bridgehead atoms. The fourth-order valence-corrected chi connectivity index (χ4v) is 2.13. The highest BCUT2D eigenvalue weighted by Crippen LogP contribution is 2.34. The molecule has 1 aliphatic heterocycles. The lowest BCUT2D eigenvalue weighted by Gasteiger charge is -2.14. The van der Waals surface area contributed by atoms with Crippen LogP contribution >= 0.6 is 15.9 Å².